The van der Waals surface area contributed by atoms with Crippen LogP contribution in [0.2, 0.25) is 5.02 Å². The fourth-order valence-electron chi connectivity index (χ4n) is 2.57. The van der Waals surface area contributed by atoms with Crippen molar-refractivity contribution in [2.24, 2.45) is 0 Å². The molecule has 0 amide bonds. The van der Waals surface area contributed by atoms with Gasteiger partial charge in [-0.15, -0.1) is 11.8 Å². The van der Waals surface area contributed by atoms with E-state index in [0.29, 0.717) is 20.6 Å². The Labute approximate surface area is 175 Å². The molecule has 0 spiro atoms. The molecule has 0 fully saturated rings. The van der Waals surface area contributed by atoms with E-state index in [1.54, 1.807) is 12.1 Å². The van der Waals surface area contributed by atoms with Crippen LogP contribution < -0.4 is 5.43 Å². The molecular weight excluding hydrogens is 480 g/mol. The zero-order chi connectivity index (χ0) is 19.7. The first-order valence-corrected chi connectivity index (χ1v) is 10.5. The Balaban J connectivity index is 2.08. The van der Waals surface area contributed by atoms with Crippen LogP contribution in [-0.4, -0.2) is 10.8 Å². The quantitative estimate of drug-likeness (QED) is 0.325. The maximum absolute atomic E-state index is 14.1. The van der Waals surface area contributed by atoms with Crippen molar-refractivity contribution in [2.45, 2.75) is 22.6 Å². The number of hydrogen-bond donors (Lipinski definition) is 1. The predicted octanol–water partition coefficient (Wildman–Crippen LogP) is 6.55. The van der Waals surface area contributed by atoms with E-state index in [1.807, 2.05) is 0 Å². The van der Waals surface area contributed by atoms with Gasteiger partial charge in [0.15, 0.2) is 5.78 Å². The van der Waals surface area contributed by atoms with Crippen molar-refractivity contribution >= 4 is 68.1 Å². The highest BCUT2D eigenvalue weighted by atomic mass is 79.9. The molecular formula is C18H11BrClF2NO2S2. The number of H-pyrrole nitrogens is 1. The van der Waals surface area contributed by atoms with Crippen molar-refractivity contribution in [3.05, 3.63) is 67.0 Å². The first kappa shape index (κ1) is 20.4. The summed E-state index contributed by atoms with van der Waals surface area (Å²) in [5.41, 5.74) is 0.293. The van der Waals surface area contributed by atoms with Gasteiger partial charge in [0.2, 0.25) is 5.43 Å². The number of carbonyl (C=O) groups excluding carboxylic acids is 1. The van der Waals surface area contributed by atoms with Crippen LogP contribution in [0.1, 0.15) is 22.8 Å². The minimum Gasteiger partial charge on any atom is -0.348 e. The second-order valence-corrected chi connectivity index (χ2v) is 8.49. The molecule has 0 unspecified atom stereocenters. The van der Waals surface area contributed by atoms with Crippen molar-refractivity contribution in [1.29, 1.82) is 0 Å². The van der Waals surface area contributed by atoms with Gasteiger partial charge in [0.1, 0.15) is 5.82 Å². The lowest BCUT2D eigenvalue weighted by Gasteiger charge is -2.11. The van der Waals surface area contributed by atoms with Gasteiger partial charge < -0.3 is 4.98 Å². The maximum Gasteiger partial charge on any atom is 0.202 e. The number of carbonyl (C=O) groups is 1. The van der Waals surface area contributed by atoms with Crippen LogP contribution in [0.15, 0.2) is 49.5 Å². The van der Waals surface area contributed by atoms with Crippen LogP contribution in [0.3, 0.4) is 0 Å². The lowest BCUT2D eigenvalue weighted by molar-refractivity contribution is 0.101. The molecule has 27 heavy (non-hydrogen) atoms. The maximum atomic E-state index is 14.1. The summed E-state index contributed by atoms with van der Waals surface area (Å²) in [6, 6.07) is 7.31. The van der Waals surface area contributed by atoms with Gasteiger partial charge in [-0.1, -0.05) is 17.7 Å². The first-order chi connectivity index (χ1) is 12.8. The molecule has 0 radical (unpaired) electrons. The van der Waals surface area contributed by atoms with Gasteiger partial charge in [-0.3, -0.25) is 9.59 Å². The summed E-state index contributed by atoms with van der Waals surface area (Å²) in [7, 11) is 0. The molecule has 9 heteroatoms. The van der Waals surface area contributed by atoms with Crippen molar-refractivity contribution < 1.29 is 13.1 Å². The van der Waals surface area contributed by atoms with Crippen molar-refractivity contribution in [1.82, 2.24) is 4.98 Å². The van der Waals surface area contributed by atoms with E-state index >= 15 is 0 Å². The number of ketones is 1. The van der Waals surface area contributed by atoms with E-state index in [2.05, 4.69) is 20.9 Å². The molecule has 0 atom stereocenters. The zero-order valence-electron chi connectivity index (χ0n) is 13.7. The third-order valence-corrected chi connectivity index (χ3v) is 6.32. The fraction of sp³-hybridized carbons (Fsp3) is 0.111. The molecule has 3 rings (SSSR count). The van der Waals surface area contributed by atoms with Gasteiger partial charge in [-0.05, 0) is 52.7 Å². The molecule has 3 aromatic rings. The molecule has 0 bridgehead atoms. The lowest BCUT2D eigenvalue weighted by atomic mass is 10.1. The van der Waals surface area contributed by atoms with Gasteiger partial charge in [0, 0.05) is 15.1 Å². The van der Waals surface area contributed by atoms with Gasteiger partial charge in [0.25, 0.3) is 0 Å². The summed E-state index contributed by atoms with van der Waals surface area (Å²) in [4.78, 5) is 28.2. The molecule has 1 heterocycles. The molecule has 1 N–H and O–H groups in total. The van der Waals surface area contributed by atoms with Crippen molar-refractivity contribution in [3.8, 4) is 0 Å². The van der Waals surface area contributed by atoms with Crippen molar-refractivity contribution in [3.63, 3.8) is 0 Å². The van der Waals surface area contributed by atoms with E-state index in [0.717, 1.165) is 17.8 Å². The molecule has 140 valence electrons. The fourth-order valence-corrected chi connectivity index (χ4v) is 4.60. The standard InChI is InChI=1S/C18H11BrClF2NO2S2/c1-8(24)14-17(25)15-12(20)5-4-11(19)16(15)23-18(14)26-7-9-2-3-10(27-22)6-13(9)21/h2-6H,7H2,1H3,(H,23,25). The first-order valence-electron chi connectivity index (χ1n) is 7.58. The Bertz CT molecular complexity index is 1120. The highest BCUT2D eigenvalue weighted by Gasteiger charge is 2.20. The number of pyridine rings is 1. The third kappa shape index (κ3) is 4.08. The molecule has 0 aliphatic heterocycles. The van der Waals surface area contributed by atoms with Crippen molar-refractivity contribution in [2.75, 3.05) is 0 Å². The van der Waals surface area contributed by atoms with Crippen LogP contribution >= 0.6 is 51.4 Å². The van der Waals surface area contributed by atoms with Gasteiger partial charge in [0.05, 0.1) is 38.7 Å². The third-order valence-electron chi connectivity index (χ3n) is 3.86. The Morgan fingerprint density at radius 3 is 2.67 bits per heavy atom. The summed E-state index contributed by atoms with van der Waals surface area (Å²) >= 11 is 10.6. The highest BCUT2D eigenvalue weighted by Crippen LogP contribution is 2.32. The van der Waals surface area contributed by atoms with Crippen LogP contribution in [0.5, 0.6) is 0 Å². The normalized spacial score (nSPS) is 11.1. The molecule has 0 saturated heterocycles. The number of aromatic nitrogens is 1. The number of hydrogen-bond acceptors (Lipinski definition) is 4. The van der Waals surface area contributed by atoms with Gasteiger partial charge in [-0.2, -0.15) is 3.89 Å². The summed E-state index contributed by atoms with van der Waals surface area (Å²) in [6.45, 7) is 1.29. The predicted molar refractivity (Wildman–Crippen MR) is 110 cm³/mol. The second kappa shape index (κ2) is 8.34. The number of thioether (sulfide) groups is 1. The van der Waals surface area contributed by atoms with Crippen LogP contribution in [0.4, 0.5) is 8.28 Å². The Morgan fingerprint density at radius 2 is 2.04 bits per heavy atom. The number of aromatic amines is 1. The van der Waals surface area contributed by atoms with E-state index in [4.69, 9.17) is 11.6 Å². The van der Waals surface area contributed by atoms with E-state index in [1.165, 1.54) is 19.1 Å². The number of nitrogens with one attached hydrogen (secondary N) is 1. The topological polar surface area (TPSA) is 49.9 Å². The average Bonchev–Trinajstić information content (AvgIpc) is 2.63. The molecule has 0 saturated carbocycles. The van der Waals surface area contributed by atoms with Crippen LogP contribution in [-0.2, 0) is 5.75 Å². The molecule has 0 aliphatic carbocycles. The number of rotatable bonds is 5. The summed E-state index contributed by atoms with van der Waals surface area (Å²) in [5.74, 6) is -0.814. The summed E-state index contributed by atoms with van der Waals surface area (Å²) in [5, 5.41) is 0.779. The number of Topliss-reactive ketones (excluding diaryl/α,β-unsaturated/α-hetero) is 1. The Morgan fingerprint density at radius 1 is 1.30 bits per heavy atom. The highest BCUT2D eigenvalue weighted by molar-refractivity contribution is 9.10. The van der Waals surface area contributed by atoms with E-state index < -0.39 is 17.0 Å². The number of benzene rings is 2. The Kier molecular flexibility index (Phi) is 6.30. The minimum absolute atomic E-state index is 0.0242. The molecule has 2 aromatic carbocycles. The second-order valence-electron chi connectivity index (χ2n) is 5.61. The smallest absolute Gasteiger partial charge is 0.202 e. The van der Waals surface area contributed by atoms with Gasteiger partial charge in [-0.25, -0.2) is 4.39 Å². The largest absolute Gasteiger partial charge is 0.348 e. The number of halogens is 4. The van der Waals surface area contributed by atoms with Crippen LogP contribution in [0.25, 0.3) is 10.9 Å². The van der Waals surface area contributed by atoms with Crippen LogP contribution in [0, 0.1) is 5.82 Å². The lowest BCUT2D eigenvalue weighted by Crippen LogP contribution is -2.17. The molecule has 3 nitrogen and oxygen atoms in total. The SMILES string of the molecule is CC(=O)c1c(SCc2ccc(SF)cc2F)[nH]c2c(Br)ccc(Cl)c2c1=O. The van der Waals surface area contributed by atoms with E-state index in [9.17, 15) is 17.9 Å². The monoisotopic (exact) mass is 489 g/mol. The Hall–Kier alpha value is -1.35. The summed E-state index contributed by atoms with van der Waals surface area (Å²) in [6.07, 6.45) is 0. The minimum atomic E-state index is -0.554. The van der Waals surface area contributed by atoms with E-state index in [-0.39, 0.29) is 38.8 Å². The average molecular weight is 491 g/mol. The molecule has 1 aromatic heterocycles. The van der Waals surface area contributed by atoms with Gasteiger partial charge >= 0.3 is 0 Å². The molecule has 0 aliphatic rings. The zero-order valence-corrected chi connectivity index (χ0v) is 17.7. The summed E-state index contributed by atoms with van der Waals surface area (Å²) < 4.78 is 27.3. The number of fused-ring (bicyclic) bond motifs is 1.